The summed E-state index contributed by atoms with van der Waals surface area (Å²) in [7, 11) is 0. The Morgan fingerprint density at radius 3 is 2.42 bits per heavy atom. The summed E-state index contributed by atoms with van der Waals surface area (Å²) >= 11 is 0.820. The number of nitro groups is 1. The molecule has 33 heavy (non-hydrogen) atoms. The van der Waals surface area contributed by atoms with Gasteiger partial charge in [-0.1, -0.05) is 30.6 Å². The van der Waals surface area contributed by atoms with Crippen LogP contribution in [0.15, 0.2) is 16.9 Å². The van der Waals surface area contributed by atoms with Crippen molar-refractivity contribution in [3.8, 4) is 0 Å². The van der Waals surface area contributed by atoms with Crippen LogP contribution < -0.4 is 15.9 Å². The lowest BCUT2D eigenvalue weighted by molar-refractivity contribution is -0.383. The molecule has 178 valence electrons. The van der Waals surface area contributed by atoms with E-state index in [1.54, 1.807) is 9.91 Å². The van der Waals surface area contributed by atoms with Crippen LogP contribution in [0.2, 0.25) is 0 Å². The molecule has 1 aliphatic carbocycles. The number of hydrogen-bond donors (Lipinski definition) is 1. The highest BCUT2D eigenvalue weighted by Gasteiger charge is 2.34. The van der Waals surface area contributed by atoms with Crippen LogP contribution >= 0.6 is 11.3 Å². The molecule has 1 saturated carbocycles. The molecule has 1 aliphatic heterocycles. The number of amides is 1. The molecule has 2 fully saturated rings. The number of piperazine rings is 1. The molecule has 0 unspecified atom stereocenters. The lowest BCUT2D eigenvalue weighted by Crippen LogP contribution is -2.55. The number of anilines is 1. The standard InChI is InChI=1S/C20H22F3N5O4S/c21-20(22,23)13-10-14-16(15(11-13)28(31)32)33-19(24-18(14)30)26-6-8-27(9-7-26)25-17(29)12-4-2-1-3-5-12/h10-12H,1-9H2,(H,25,29). The van der Waals surface area contributed by atoms with Gasteiger partial charge in [0.2, 0.25) is 5.91 Å². The summed E-state index contributed by atoms with van der Waals surface area (Å²) in [6.45, 7) is 1.70. The van der Waals surface area contributed by atoms with Crippen molar-refractivity contribution in [2.45, 2.75) is 38.3 Å². The second-order valence-electron chi connectivity index (χ2n) is 8.21. The van der Waals surface area contributed by atoms with Crippen molar-refractivity contribution < 1.29 is 22.9 Å². The highest BCUT2D eigenvalue weighted by Crippen LogP contribution is 2.38. The SMILES string of the molecule is O=C(NN1CCN(c2nc(=O)c3cc(C(F)(F)F)cc([N+](=O)[O-])c3s2)CC1)C1CCCCC1. The first-order chi connectivity index (χ1) is 15.6. The van der Waals surface area contributed by atoms with Crippen LogP contribution in [0.1, 0.15) is 37.7 Å². The van der Waals surface area contributed by atoms with Gasteiger partial charge in [0.15, 0.2) is 5.13 Å². The van der Waals surface area contributed by atoms with Crippen LogP contribution in [0.25, 0.3) is 10.1 Å². The molecule has 0 atom stereocenters. The summed E-state index contributed by atoms with van der Waals surface area (Å²) in [6.07, 6.45) is 0.197. The Bertz CT molecular complexity index is 1130. The van der Waals surface area contributed by atoms with Crippen LogP contribution in [-0.2, 0) is 11.0 Å². The first-order valence-electron chi connectivity index (χ1n) is 10.6. The van der Waals surface area contributed by atoms with Gasteiger partial charge in [0.1, 0.15) is 4.70 Å². The van der Waals surface area contributed by atoms with Gasteiger partial charge in [-0.2, -0.15) is 18.2 Å². The number of nitrogens with zero attached hydrogens (tertiary/aromatic N) is 4. The Morgan fingerprint density at radius 1 is 1.15 bits per heavy atom. The van der Waals surface area contributed by atoms with Crippen molar-refractivity contribution >= 4 is 38.1 Å². The molecule has 0 radical (unpaired) electrons. The number of non-ortho nitro benzene ring substituents is 1. The predicted octanol–water partition coefficient (Wildman–Crippen LogP) is 3.32. The maximum absolute atomic E-state index is 13.1. The maximum atomic E-state index is 13.1. The molecule has 2 heterocycles. The first kappa shape index (κ1) is 23.4. The van der Waals surface area contributed by atoms with Crippen LogP contribution in [0, 0.1) is 16.0 Å². The summed E-state index contributed by atoms with van der Waals surface area (Å²) in [5.41, 5.74) is -0.0398. The normalized spacial score (nSPS) is 18.5. The van der Waals surface area contributed by atoms with Crippen molar-refractivity contribution in [2.75, 3.05) is 31.1 Å². The Morgan fingerprint density at radius 2 is 1.82 bits per heavy atom. The third-order valence-corrected chi connectivity index (χ3v) is 7.17. The molecular weight excluding hydrogens is 463 g/mol. The van der Waals surface area contributed by atoms with Crippen molar-refractivity contribution in [2.24, 2.45) is 5.92 Å². The van der Waals surface area contributed by atoms with E-state index in [2.05, 4.69) is 10.4 Å². The number of alkyl halides is 3. The minimum atomic E-state index is -4.83. The molecular formula is C20H22F3N5O4S. The number of carbonyl (C=O) groups is 1. The minimum Gasteiger partial charge on any atom is -0.345 e. The van der Waals surface area contributed by atoms with Gasteiger partial charge < -0.3 is 4.90 Å². The Labute approximate surface area is 190 Å². The summed E-state index contributed by atoms with van der Waals surface area (Å²) < 4.78 is 39.2. The average molecular weight is 485 g/mol. The van der Waals surface area contributed by atoms with Crippen molar-refractivity contribution in [3.05, 3.63) is 38.2 Å². The van der Waals surface area contributed by atoms with Gasteiger partial charge in [-0.3, -0.25) is 25.1 Å². The highest BCUT2D eigenvalue weighted by atomic mass is 32.1. The number of carbonyl (C=O) groups excluding carboxylic acids is 1. The van der Waals surface area contributed by atoms with Crippen molar-refractivity contribution in [1.82, 2.24) is 15.4 Å². The average Bonchev–Trinajstić information content (AvgIpc) is 2.78. The number of halogens is 3. The second-order valence-corrected chi connectivity index (χ2v) is 9.19. The van der Waals surface area contributed by atoms with E-state index in [0.29, 0.717) is 38.3 Å². The third-order valence-electron chi connectivity index (χ3n) is 6.01. The zero-order chi connectivity index (χ0) is 23.8. The molecule has 4 rings (SSSR count). The minimum absolute atomic E-state index is 0.00716. The Hall–Kier alpha value is -2.80. The van der Waals surface area contributed by atoms with Crippen LogP contribution in [0.4, 0.5) is 24.0 Å². The van der Waals surface area contributed by atoms with Gasteiger partial charge in [0.05, 0.1) is 15.9 Å². The predicted molar refractivity (Wildman–Crippen MR) is 116 cm³/mol. The van der Waals surface area contributed by atoms with Gasteiger partial charge in [-0.05, 0) is 18.9 Å². The van der Waals surface area contributed by atoms with Crippen LogP contribution in [-0.4, -0.2) is 47.0 Å². The lowest BCUT2D eigenvalue weighted by atomic mass is 9.89. The van der Waals surface area contributed by atoms with Crippen LogP contribution in [0.5, 0.6) is 0 Å². The fraction of sp³-hybridized carbons (Fsp3) is 0.550. The molecule has 1 N–H and O–H groups in total. The zero-order valence-corrected chi connectivity index (χ0v) is 18.4. The number of hydrazine groups is 1. The van der Waals surface area contributed by atoms with Gasteiger partial charge >= 0.3 is 6.18 Å². The number of nitro benzene ring substituents is 1. The quantitative estimate of drug-likeness (QED) is 0.523. The fourth-order valence-corrected chi connectivity index (χ4v) is 5.31. The molecule has 1 saturated heterocycles. The van der Waals surface area contributed by atoms with E-state index < -0.39 is 33.3 Å². The third kappa shape index (κ3) is 5.08. The number of aromatic nitrogens is 1. The van der Waals surface area contributed by atoms with Gasteiger partial charge in [-0.25, -0.2) is 5.01 Å². The van der Waals surface area contributed by atoms with Crippen molar-refractivity contribution in [1.29, 1.82) is 0 Å². The van der Waals surface area contributed by atoms with Gasteiger partial charge in [-0.15, -0.1) is 0 Å². The van der Waals surface area contributed by atoms with Crippen molar-refractivity contribution in [3.63, 3.8) is 0 Å². The molecule has 2 aromatic rings. The number of benzene rings is 1. The molecule has 1 amide bonds. The Kier molecular flexibility index (Phi) is 6.52. The van der Waals surface area contributed by atoms with Gasteiger partial charge in [0.25, 0.3) is 11.2 Å². The molecule has 0 spiro atoms. The number of nitrogens with one attached hydrogen (secondary N) is 1. The molecule has 1 aromatic heterocycles. The number of hydrogen-bond acceptors (Lipinski definition) is 8. The number of rotatable bonds is 4. The first-order valence-corrected chi connectivity index (χ1v) is 11.5. The second kappa shape index (κ2) is 9.21. The van der Waals surface area contributed by atoms with Crippen LogP contribution in [0.3, 0.4) is 0 Å². The van der Waals surface area contributed by atoms with E-state index in [9.17, 15) is 32.9 Å². The molecule has 13 heteroatoms. The van der Waals surface area contributed by atoms with E-state index in [1.165, 1.54) is 0 Å². The zero-order valence-electron chi connectivity index (χ0n) is 17.6. The fourth-order valence-electron chi connectivity index (χ4n) is 4.20. The van der Waals surface area contributed by atoms with E-state index in [0.717, 1.165) is 43.4 Å². The number of fused-ring (bicyclic) bond motifs is 1. The topological polar surface area (TPSA) is 109 Å². The largest absolute Gasteiger partial charge is 0.416 e. The maximum Gasteiger partial charge on any atom is 0.416 e. The van der Waals surface area contributed by atoms with E-state index in [-0.39, 0.29) is 21.7 Å². The summed E-state index contributed by atoms with van der Waals surface area (Å²) in [5, 5.41) is 13.0. The van der Waals surface area contributed by atoms with Gasteiger partial charge in [0, 0.05) is 38.2 Å². The monoisotopic (exact) mass is 485 g/mol. The lowest BCUT2D eigenvalue weighted by Gasteiger charge is -2.35. The van der Waals surface area contributed by atoms with E-state index in [1.807, 2.05) is 0 Å². The smallest absolute Gasteiger partial charge is 0.345 e. The summed E-state index contributed by atoms with van der Waals surface area (Å²) in [6, 6.07) is 1.05. The van der Waals surface area contributed by atoms with E-state index in [4.69, 9.17) is 0 Å². The molecule has 9 nitrogen and oxygen atoms in total. The molecule has 2 aliphatic rings. The molecule has 1 aromatic carbocycles. The van der Waals surface area contributed by atoms with E-state index >= 15 is 0 Å². The molecule has 0 bridgehead atoms. The Balaban J connectivity index is 1.52. The summed E-state index contributed by atoms with van der Waals surface area (Å²) in [4.78, 5) is 41.1. The summed E-state index contributed by atoms with van der Waals surface area (Å²) in [5.74, 6) is 0.0269. The highest BCUT2D eigenvalue weighted by molar-refractivity contribution is 7.22.